The number of benzene rings is 2. The fourth-order valence-corrected chi connectivity index (χ4v) is 2.57. The Bertz CT molecular complexity index is 929. The lowest BCUT2D eigenvalue weighted by Crippen LogP contribution is -1.97. The molecule has 0 bridgehead atoms. The fraction of sp³-hybridized carbons (Fsp3) is 0.105. The zero-order valence-corrected chi connectivity index (χ0v) is 13.9. The van der Waals surface area contributed by atoms with E-state index < -0.39 is 5.82 Å². The van der Waals surface area contributed by atoms with Gasteiger partial charge in [0.05, 0.1) is 19.9 Å². The average Bonchev–Trinajstić information content (AvgIpc) is 2.64. The molecule has 2 aromatic carbocycles. The summed E-state index contributed by atoms with van der Waals surface area (Å²) in [5, 5.41) is 0. The first-order chi connectivity index (χ1) is 12.0. The van der Waals surface area contributed by atoms with Gasteiger partial charge < -0.3 is 20.9 Å². The molecule has 4 N–H and O–H groups in total. The predicted molar refractivity (Wildman–Crippen MR) is 97.0 cm³/mol. The molecule has 0 radical (unpaired) electrons. The SMILES string of the molecule is COc1ccc(-c2cnc(N)c(-c3ccc(N)c(F)c3)c2)cc1OC. The molecule has 128 valence electrons. The van der Waals surface area contributed by atoms with Gasteiger partial charge in [-0.05, 0) is 41.5 Å². The molecular weight excluding hydrogens is 321 g/mol. The number of pyridine rings is 1. The van der Waals surface area contributed by atoms with Gasteiger partial charge in [-0.25, -0.2) is 9.37 Å². The molecule has 0 atom stereocenters. The minimum atomic E-state index is -0.492. The summed E-state index contributed by atoms with van der Waals surface area (Å²) in [4.78, 5) is 4.23. The molecule has 25 heavy (non-hydrogen) atoms. The van der Waals surface area contributed by atoms with Gasteiger partial charge in [0.1, 0.15) is 11.6 Å². The van der Waals surface area contributed by atoms with Gasteiger partial charge in [0.2, 0.25) is 0 Å². The van der Waals surface area contributed by atoms with Crippen molar-refractivity contribution in [1.82, 2.24) is 4.98 Å². The van der Waals surface area contributed by atoms with Crippen LogP contribution in [-0.4, -0.2) is 19.2 Å². The van der Waals surface area contributed by atoms with Gasteiger partial charge in [0.15, 0.2) is 11.5 Å². The number of nitrogens with two attached hydrogens (primary N) is 2. The minimum absolute atomic E-state index is 0.0892. The van der Waals surface area contributed by atoms with Crippen LogP contribution in [0.5, 0.6) is 11.5 Å². The van der Waals surface area contributed by atoms with E-state index in [0.717, 1.165) is 11.1 Å². The molecule has 0 aliphatic carbocycles. The van der Waals surface area contributed by atoms with E-state index in [1.807, 2.05) is 24.3 Å². The van der Waals surface area contributed by atoms with E-state index in [9.17, 15) is 4.39 Å². The van der Waals surface area contributed by atoms with Crippen molar-refractivity contribution in [3.63, 3.8) is 0 Å². The summed E-state index contributed by atoms with van der Waals surface area (Å²) in [6, 6.07) is 12.0. The summed E-state index contributed by atoms with van der Waals surface area (Å²) < 4.78 is 24.4. The smallest absolute Gasteiger partial charge is 0.161 e. The highest BCUT2D eigenvalue weighted by atomic mass is 19.1. The zero-order chi connectivity index (χ0) is 18.0. The maximum absolute atomic E-state index is 13.8. The lowest BCUT2D eigenvalue weighted by atomic mass is 10.0. The van der Waals surface area contributed by atoms with Crippen molar-refractivity contribution in [3.05, 3.63) is 54.5 Å². The van der Waals surface area contributed by atoms with Crippen LogP contribution in [0.4, 0.5) is 15.9 Å². The van der Waals surface area contributed by atoms with Crippen LogP contribution in [0, 0.1) is 5.82 Å². The molecule has 6 heteroatoms. The number of halogens is 1. The molecule has 0 aliphatic rings. The quantitative estimate of drug-likeness (QED) is 0.708. The molecule has 1 aromatic heterocycles. The summed E-state index contributed by atoms with van der Waals surface area (Å²) in [7, 11) is 3.15. The van der Waals surface area contributed by atoms with Crippen molar-refractivity contribution in [3.8, 4) is 33.8 Å². The highest BCUT2D eigenvalue weighted by Crippen LogP contribution is 2.35. The maximum atomic E-state index is 13.8. The molecule has 3 rings (SSSR count). The van der Waals surface area contributed by atoms with E-state index >= 15 is 0 Å². The normalized spacial score (nSPS) is 10.5. The van der Waals surface area contributed by atoms with Crippen LogP contribution in [0.15, 0.2) is 48.7 Å². The molecule has 0 amide bonds. The molecule has 0 fully saturated rings. The van der Waals surface area contributed by atoms with Gasteiger partial charge in [0.25, 0.3) is 0 Å². The highest BCUT2D eigenvalue weighted by Gasteiger charge is 2.11. The molecule has 1 heterocycles. The Morgan fingerprint density at radius 1 is 0.840 bits per heavy atom. The number of nitrogens with zero attached hydrogens (tertiary/aromatic N) is 1. The van der Waals surface area contributed by atoms with E-state index in [0.29, 0.717) is 28.4 Å². The summed E-state index contributed by atoms with van der Waals surface area (Å²) in [5.41, 5.74) is 14.5. The molecule has 0 aliphatic heterocycles. The molecule has 0 unspecified atom stereocenters. The largest absolute Gasteiger partial charge is 0.493 e. The Kier molecular flexibility index (Phi) is 4.43. The van der Waals surface area contributed by atoms with E-state index in [1.165, 1.54) is 12.1 Å². The third-order valence-corrected chi connectivity index (χ3v) is 3.95. The number of hydrogen-bond acceptors (Lipinski definition) is 5. The minimum Gasteiger partial charge on any atom is -0.493 e. The van der Waals surface area contributed by atoms with Crippen LogP contribution < -0.4 is 20.9 Å². The third kappa shape index (κ3) is 3.19. The topological polar surface area (TPSA) is 83.4 Å². The first-order valence-electron chi connectivity index (χ1n) is 7.56. The predicted octanol–water partition coefficient (Wildman–Crippen LogP) is 3.74. The Morgan fingerprint density at radius 3 is 2.24 bits per heavy atom. The molecule has 0 spiro atoms. The van der Waals surface area contributed by atoms with Gasteiger partial charge in [-0.2, -0.15) is 0 Å². The lowest BCUT2D eigenvalue weighted by Gasteiger charge is -2.12. The number of nitrogen functional groups attached to an aromatic ring is 2. The molecular formula is C19H18FN3O2. The van der Waals surface area contributed by atoms with Crippen LogP contribution in [0.2, 0.25) is 0 Å². The van der Waals surface area contributed by atoms with Crippen molar-refractivity contribution < 1.29 is 13.9 Å². The number of hydrogen-bond donors (Lipinski definition) is 2. The van der Waals surface area contributed by atoms with Gasteiger partial charge in [0, 0.05) is 17.3 Å². The number of rotatable bonds is 4. The van der Waals surface area contributed by atoms with E-state index in [1.54, 1.807) is 26.5 Å². The second kappa shape index (κ2) is 6.68. The van der Waals surface area contributed by atoms with Gasteiger partial charge in [-0.15, -0.1) is 0 Å². The lowest BCUT2D eigenvalue weighted by molar-refractivity contribution is 0.355. The number of aromatic nitrogens is 1. The van der Waals surface area contributed by atoms with Crippen molar-refractivity contribution in [2.45, 2.75) is 0 Å². The Balaban J connectivity index is 2.09. The number of anilines is 2. The average molecular weight is 339 g/mol. The van der Waals surface area contributed by atoms with Crippen LogP contribution in [-0.2, 0) is 0 Å². The zero-order valence-electron chi connectivity index (χ0n) is 13.9. The van der Waals surface area contributed by atoms with Crippen molar-refractivity contribution >= 4 is 11.5 Å². The van der Waals surface area contributed by atoms with Crippen LogP contribution >= 0.6 is 0 Å². The van der Waals surface area contributed by atoms with E-state index in [2.05, 4.69) is 4.98 Å². The van der Waals surface area contributed by atoms with Crippen LogP contribution in [0.25, 0.3) is 22.3 Å². The van der Waals surface area contributed by atoms with Crippen LogP contribution in [0.3, 0.4) is 0 Å². The van der Waals surface area contributed by atoms with Gasteiger partial charge >= 0.3 is 0 Å². The summed E-state index contributed by atoms with van der Waals surface area (Å²) in [6.45, 7) is 0. The Morgan fingerprint density at radius 2 is 1.56 bits per heavy atom. The van der Waals surface area contributed by atoms with Gasteiger partial charge in [-0.3, -0.25) is 0 Å². The molecule has 0 saturated heterocycles. The highest BCUT2D eigenvalue weighted by molar-refractivity contribution is 5.80. The van der Waals surface area contributed by atoms with Crippen LogP contribution in [0.1, 0.15) is 0 Å². The first kappa shape index (κ1) is 16.6. The summed E-state index contributed by atoms with van der Waals surface area (Å²) >= 11 is 0. The van der Waals surface area contributed by atoms with Crippen molar-refractivity contribution in [1.29, 1.82) is 0 Å². The third-order valence-electron chi connectivity index (χ3n) is 3.95. The summed E-state index contributed by atoms with van der Waals surface area (Å²) in [5.74, 6) is 1.06. The maximum Gasteiger partial charge on any atom is 0.161 e. The monoisotopic (exact) mass is 339 g/mol. The fourth-order valence-electron chi connectivity index (χ4n) is 2.57. The van der Waals surface area contributed by atoms with E-state index in [4.69, 9.17) is 20.9 Å². The Hall–Kier alpha value is -3.28. The molecule has 5 nitrogen and oxygen atoms in total. The second-order valence-electron chi connectivity index (χ2n) is 5.46. The molecule has 3 aromatic rings. The second-order valence-corrected chi connectivity index (χ2v) is 5.46. The number of methoxy groups -OCH3 is 2. The first-order valence-corrected chi connectivity index (χ1v) is 7.56. The van der Waals surface area contributed by atoms with Gasteiger partial charge in [-0.1, -0.05) is 12.1 Å². The summed E-state index contributed by atoms with van der Waals surface area (Å²) in [6.07, 6.45) is 1.66. The van der Waals surface area contributed by atoms with E-state index in [-0.39, 0.29) is 5.69 Å². The Labute approximate surface area is 145 Å². The molecule has 0 saturated carbocycles. The van der Waals surface area contributed by atoms with Crippen molar-refractivity contribution in [2.24, 2.45) is 0 Å². The number of ether oxygens (including phenoxy) is 2. The van der Waals surface area contributed by atoms with Crippen molar-refractivity contribution in [2.75, 3.05) is 25.7 Å². The standard InChI is InChI=1S/C19H18FN3O2/c1-24-17-6-4-11(9-18(17)25-2)13-7-14(19(22)23-10-13)12-3-5-16(21)15(20)8-12/h3-10H,21H2,1-2H3,(H2,22,23).